The van der Waals surface area contributed by atoms with Crippen molar-refractivity contribution in [2.45, 2.75) is 13.3 Å². The molecule has 1 heterocycles. The van der Waals surface area contributed by atoms with Gasteiger partial charge in [0.25, 0.3) is 5.91 Å². The van der Waals surface area contributed by atoms with Crippen molar-refractivity contribution in [3.63, 3.8) is 0 Å². The van der Waals surface area contributed by atoms with Crippen LogP contribution in [0.5, 0.6) is 11.5 Å². The van der Waals surface area contributed by atoms with Gasteiger partial charge in [0.05, 0.1) is 25.0 Å². The van der Waals surface area contributed by atoms with Crippen molar-refractivity contribution in [3.8, 4) is 11.5 Å². The van der Waals surface area contributed by atoms with Gasteiger partial charge < -0.3 is 40.0 Å². The van der Waals surface area contributed by atoms with Crippen molar-refractivity contribution >= 4 is 34.7 Å². The summed E-state index contributed by atoms with van der Waals surface area (Å²) >= 11 is 0. The maximum Gasteiger partial charge on any atom is 0.323 e. The number of benzene rings is 3. The Labute approximate surface area is 241 Å². The van der Waals surface area contributed by atoms with E-state index < -0.39 is 6.03 Å². The predicted octanol–water partition coefficient (Wildman–Crippen LogP) is 4.83. The van der Waals surface area contributed by atoms with Gasteiger partial charge in [0.15, 0.2) is 0 Å². The molecule has 4 rings (SSSR count). The largest absolute Gasteiger partial charge is 0.495 e. The highest BCUT2D eigenvalue weighted by atomic mass is 16.5. The molecule has 10 nitrogen and oxygen atoms in total. The molecule has 3 aromatic carbocycles. The van der Waals surface area contributed by atoms with Crippen LogP contribution in [0.2, 0.25) is 0 Å². The number of para-hydroxylation sites is 2. The van der Waals surface area contributed by atoms with Crippen molar-refractivity contribution in [3.05, 3.63) is 72.3 Å². The zero-order chi connectivity index (χ0) is 29.0. The Hall–Kier alpha value is -4.44. The van der Waals surface area contributed by atoms with Gasteiger partial charge >= 0.3 is 6.03 Å². The van der Waals surface area contributed by atoms with E-state index in [0.29, 0.717) is 43.1 Å². The summed E-state index contributed by atoms with van der Waals surface area (Å²) in [6.07, 6.45) is 0.706. The predicted molar refractivity (Wildman–Crippen MR) is 163 cm³/mol. The molecule has 0 bridgehead atoms. The zero-order valence-corrected chi connectivity index (χ0v) is 23.9. The first-order valence-corrected chi connectivity index (χ1v) is 13.9. The van der Waals surface area contributed by atoms with E-state index >= 15 is 0 Å². The Bertz CT molecular complexity index is 1290. The van der Waals surface area contributed by atoms with Crippen LogP contribution in [0.4, 0.5) is 27.5 Å². The maximum absolute atomic E-state index is 13.3. The molecule has 0 saturated carbocycles. The standard InChI is InChI=1S/C31H39N5O5/c1-4-41-25-13-10-23(11-14-25)33-31(38)34-24-12-15-27(26(22-24)30(37)32-16-7-21-39-2)35-17-19-36(20-18-35)28-8-5-6-9-29(28)40-3/h5-6,8-15,22H,4,7,16-21H2,1-3H3,(H,32,37)(H2,33,34,38). The van der Waals surface area contributed by atoms with Crippen LogP contribution in [0.3, 0.4) is 0 Å². The number of piperazine rings is 1. The first kappa shape index (κ1) is 29.5. The number of nitrogens with zero attached hydrogens (tertiary/aromatic N) is 2. The van der Waals surface area contributed by atoms with E-state index in [4.69, 9.17) is 14.2 Å². The summed E-state index contributed by atoms with van der Waals surface area (Å²) in [6.45, 7) is 6.55. The monoisotopic (exact) mass is 561 g/mol. The van der Waals surface area contributed by atoms with Crippen LogP contribution in [0, 0.1) is 0 Å². The fraction of sp³-hybridized carbons (Fsp3) is 0.355. The van der Waals surface area contributed by atoms with Gasteiger partial charge in [0.2, 0.25) is 0 Å². The number of hydrogen-bond acceptors (Lipinski definition) is 7. The Kier molecular flexibility index (Phi) is 10.7. The average Bonchev–Trinajstić information content (AvgIpc) is 3.00. The molecule has 0 spiro atoms. The topological polar surface area (TPSA) is 104 Å². The van der Waals surface area contributed by atoms with Gasteiger partial charge in [-0.15, -0.1) is 0 Å². The molecule has 3 amide bonds. The number of ether oxygens (including phenoxy) is 3. The van der Waals surface area contributed by atoms with Crippen LogP contribution in [-0.2, 0) is 4.74 Å². The third-order valence-electron chi connectivity index (χ3n) is 6.78. The molecule has 3 N–H and O–H groups in total. The molecular formula is C31H39N5O5. The summed E-state index contributed by atoms with van der Waals surface area (Å²) in [6, 6.07) is 20.2. The van der Waals surface area contributed by atoms with Gasteiger partial charge in [0, 0.05) is 63.5 Å². The van der Waals surface area contributed by atoms with Crippen LogP contribution in [0.1, 0.15) is 23.7 Å². The number of hydrogen-bond donors (Lipinski definition) is 3. The molecule has 1 fully saturated rings. The molecular weight excluding hydrogens is 522 g/mol. The Morgan fingerprint density at radius 2 is 1.49 bits per heavy atom. The van der Waals surface area contributed by atoms with Crippen molar-refractivity contribution in [1.29, 1.82) is 0 Å². The van der Waals surface area contributed by atoms with E-state index in [-0.39, 0.29) is 5.91 Å². The third-order valence-corrected chi connectivity index (χ3v) is 6.78. The van der Waals surface area contributed by atoms with E-state index in [1.807, 2.05) is 37.3 Å². The number of nitrogens with one attached hydrogen (secondary N) is 3. The number of methoxy groups -OCH3 is 2. The van der Waals surface area contributed by atoms with Crippen LogP contribution in [-0.4, -0.2) is 72.1 Å². The first-order chi connectivity index (χ1) is 20.0. The summed E-state index contributed by atoms with van der Waals surface area (Å²) in [5.74, 6) is 1.38. The first-order valence-electron chi connectivity index (χ1n) is 13.9. The van der Waals surface area contributed by atoms with E-state index in [9.17, 15) is 9.59 Å². The SMILES string of the molecule is CCOc1ccc(NC(=O)Nc2ccc(N3CCN(c4ccccc4OC)CC3)c(C(=O)NCCCOC)c2)cc1. The number of carbonyl (C=O) groups is 2. The fourth-order valence-electron chi connectivity index (χ4n) is 4.76. The second-order valence-corrected chi connectivity index (χ2v) is 9.52. The van der Waals surface area contributed by atoms with Gasteiger partial charge in [-0.3, -0.25) is 4.79 Å². The maximum atomic E-state index is 13.3. The van der Waals surface area contributed by atoms with Crippen LogP contribution < -0.4 is 35.2 Å². The molecule has 1 aliphatic rings. The molecule has 0 aliphatic carbocycles. The zero-order valence-electron chi connectivity index (χ0n) is 23.9. The van der Waals surface area contributed by atoms with Crippen LogP contribution >= 0.6 is 0 Å². The normalized spacial score (nSPS) is 13.0. The van der Waals surface area contributed by atoms with Crippen LogP contribution in [0.15, 0.2) is 66.7 Å². The number of carbonyl (C=O) groups excluding carboxylic acids is 2. The summed E-state index contributed by atoms with van der Waals surface area (Å²) in [5.41, 5.74) is 3.54. The molecule has 0 atom stereocenters. The number of rotatable bonds is 12. The molecule has 1 saturated heterocycles. The van der Waals surface area contributed by atoms with Gasteiger partial charge in [0.1, 0.15) is 11.5 Å². The molecule has 3 aromatic rings. The minimum Gasteiger partial charge on any atom is -0.495 e. The number of anilines is 4. The Morgan fingerprint density at radius 1 is 0.829 bits per heavy atom. The Balaban J connectivity index is 1.47. The van der Waals surface area contributed by atoms with E-state index in [0.717, 1.165) is 49.1 Å². The van der Waals surface area contributed by atoms with E-state index in [2.05, 4.69) is 31.8 Å². The molecule has 41 heavy (non-hydrogen) atoms. The second-order valence-electron chi connectivity index (χ2n) is 9.52. The van der Waals surface area contributed by atoms with Crippen molar-refractivity contribution < 1.29 is 23.8 Å². The number of urea groups is 1. The lowest BCUT2D eigenvalue weighted by Gasteiger charge is -2.38. The van der Waals surface area contributed by atoms with Crippen molar-refractivity contribution in [2.75, 3.05) is 80.6 Å². The highest BCUT2D eigenvalue weighted by Gasteiger charge is 2.24. The van der Waals surface area contributed by atoms with Crippen molar-refractivity contribution in [1.82, 2.24) is 5.32 Å². The van der Waals surface area contributed by atoms with E-state index in [1.54, 1.807) is 44.6 Å². The lowest BCUT2D eigenvalue weighted by Crippen LogP contribution is -2.47. The lowest BCUT2D eigenvalue weighted by atomic mass is 10.1. The Morgan fingerprint density at radius 3 is 2.17 bits per heavy atom. The summed E-state index contributed by atoms with van der Waals surface area (Å²) in [7, 11) is 3.32. The molecule has 1 aliphatic heterocycles. The van der Waals surface area contributed by atoms with E-state index in [1.165, 1.54) is 0 Å². The highest BCUT2D eigenvalue weighted by molar-refractivity contribution is 6.04. The minimum absolute atomic E-state index is 0.196. The molecule has 218 valence electrons. The van der Waals surface area contributed by atoms with Gasteiger partial charge in [-0.25, -0.2) is 4.79 Å². The molecule has 10 heteroatoms. The molecule has 0 aromatic heterocycles. The van der Waals surface area contributed by atoms with Crippen LogP contribution in [0.25, 0.3) is 0 Å². The quantitative estimate of drug-likeness (QED) is 0.272. The number of amides is 3. The van der Waals surface area contributed by atoms with Gasteiger partial charge in [-0.05, 0) is 67.9 Å². The van der Waals surface area contributed by atoms with Gasteiger partial charge in [-0.1, -0.05) is 12.1 Å². The van der Waals surface area contributed by atoms with Crippen molar-refractivity contribution in [2.24, 2.45) is 0 Å². The molecule has 0 radical (unpaired) electrons. The summed E-state index contributed by atoms with van der Waals surface area (Å²) in [4.78, 5) is 30.5. The lowest BCUT2D eigenvalue weighted by molar-refractivity contribution is 0.0949. The minimum atomic E-state index is -0.404. The van der Waals surface area contributed by atoms with Gasteiger partial charge in [-0.2, -0.15) is 0 Å². The smallest absolute Gasteiger partial charge is 0.323 e. The third kappa shape index (κ3) is 8.04. The second kappa shape index (κ2) is 14.8. The average molecular weight is 562 g/mol. The summed E-state index contributed by atoms with van der Waals surface area (Å²) in [5, 5.41) is 8.66. The summed E-state index contributed by atoms with van der Waals surface area (Å²) < 4.78 is 16.1. The molecule has 0 unspecified atom stereocenters. The highest BCUT2D eigenvalue weighted by Crippen LogP contribution is 2.31. The fourth-order valence-corrected chi connectivity index (χ4v) is 4.76.